The van der Waals surface area contributed by atoms with Crippen LogP contribution in [-0.2, 0) is 0 Å². The number of hydrazone groups is 1. The van der Waals surface area contributed by atoms with E-state index in [1.54, 1.807) is 17.6 Å². The average Bonchev–Trinajstić information content (AvgIpc) is 3.24. The number of hydrogen-bond acceptors (Lipinski definition) is 6. The van der Waals surface area contributed by atoms with Crippen LogP contribution in [0.4, 0.5) is 11.4 Å². The molecule has 7 heteroatoms. The largest absolute Gasteiger partial charge is 0.494 e. The molecule has 4 aromatic rings. The van der Waals surface area contributed by atoms with E-state index in [0.29, 0.717) is 12.4 Å². The maximum absolute atomic E-state index is 5.53. The molecule has 0 fully saturated rings. The first-order chi connectivity index (χ1) is 15.6. The zero-order chi connectivity index (χ0) is 22.3. The molecule has 0 saturated carbocycles. The van der Waals surface area contributed by atoms with Crippen molar-refractivity contribution in [2.24, 2.45) is 10.1 Å². The van der Waals surface area contributed by atoms with E-state index in [0.717, 1.165) is 37.9 Å². The van der Waals surface area contributed by atoms with Gasteiger partial charge in [-0.1, -0.05) is 24.3 Å². The lowest BCUT2D eigenvalue weighted by atomic mass is 10.2. The van der Waals surface area contributed by atoms with E-state index >= 15 is 0 Å². The summed E-state index contributed by atoms with van der Waals surface area (Å²) in [5.41, 5.74) is 6.97. The van der Waals surface area contributed by atoms with E-state index in [1.165, 1.54) is 0 Å². The van der Waals surface area contributed by atoms with Crippen LogP contribution in [0.1, 0.15) is 17.5 Å². The molecule has 4 rings (SSSR count). The molecule has 0 bridgehead atoms. The Hall–Kier alpha value is -3.71. The third-order valence-corrected chi connectivity index (χ3v) is 5.72. The normalized spacial score (nSPS) is 11.8. The summed E-state index contributed by atoms with van der Waals surface area (Å²) in [6.07, 6.45) is 1.78. The summed E-state index contributed by atoms with van der Waals surface area (Å²) in [5.74, 6) is 1.41. The fourth-order valence-electron chi connectivity index (χ4n) is 3.03. The molecule has 0 amide bonds. The summed E-state index contributed by atoms with van der Waals surface area (Å²) in [5, 5.41) is 5.21. The molecule has 0 spiro atoms. The predicted molar refractivity (Wildman–Crippen MR) is 135 cm³/mol. The molecule has 0 aliphatic carbocycles. The highest BCUT2D eigenvalue weighted by molar-refractivity contribution is 7.20. The molecule has 162 valence electrons. The quantitative estimate of drug-likeness (QED) is 0.234. The molecular formula is C25H25N5OS. The number of thiazole rings is 1. The Bertz CT molecular complexity index is 1190. The molecule has 0 aliphatic rings. The number of amidine groups is 1. The molecule has 1 heterocycles. The molecule has 6 nitrogen and oxygen atoms in total. The highest BCUT2D eigenvalue weighted by Gasteiger charge is 2.10. The number of nitrogens with zero attached hydrogens (tertiary/aromatic N) is 4. The van der Waals surface area contributed by atoms with Crippen LogP contribution < -0.4 is 15.1 Å². The summed E-state index contributed by atoms with van der Waals surface area (Å²) in [4.78, 5) is 11.6. The summed E-state index contributed by atoms with van der Waals surface area (Å²) < 4.78 is 6.63. The van der Waals surface area contributed by atoms with Crippen LogP contribution in [0.15, 0.2) is 82.9 Å². The first-order valence-electron chi connectivity index (χ1n) is 10.4. The minimum atomic E-state index is 0.594. The van der Waals surface area contributed by atoms with Gasteiger partial charge in [-0.05, 0) is 61.0 Å². The van der Waals surface area contributed by atoms with Gasteiger partial charge in [0.15, 0.2) is 10.8 Å². The smallest absolute Gasteiger partial charge is 0.183 e. The third-order valence-electron chi connectivity index (χ3n) is 4.68. The van der Waals surface area contributed by atoms with Crippen molar-refractivity contribution in [3.63, 3.8) is 0 Å². The Morgan fingerprint density at radius 2 is 1.78 bits per heavy atom. The summed E-state index contributed by atoms with van der Waals surface area (Å²) in [6.45, 7) is 2.60. The van der Waals surface area contributed by atoms with Crippen LogP contribution in [0.2, 0.25) is 0 Å². The van der Waals surface area contributed by atoms with Crippen LogP contribution in [0.3, 0.4) is 0 Å². The molecule has 3 aromatic carbocycles. The number of aliphatic imine (C=N–C) groups is 1. The van der Waals surface area contributed by atoms with Gasteiger partial charge in [0.1, 0.15) is 5.75 Å². The number of rotatable bonds is 7. The van der Waals surface area contributed by atoms with Crippen molar-refractivity contribution < 1.29 is 4.74 Å². The van der Waals surface area contributed by atoms with Crippen LogP contribution in [0.25, 0.3) is 10.2 Å². The van der Waals surface area contributed by atoms with Gasteiger partial charge in [-0.3, -0.25) is 5.43 Å². The van der Waals surface area contributed by atoms with Gasteiger partial charge in [0.2, 0.25) is 0 Å². The molecule has 0 saturated heterocycles. The van der Waals surface area contributed by atoms with Gasteiger partial charge in [-0.25, -0.2) is 9.98 Å². The van der Waals surface area contributed by atoms with Gasteiger partial charge in [0.05, 0.1) is 28.7 Å². The zero-order valence-electron chi connectivity index (χ0n) is 18.3. The maximum atomic E-state index is 5.53. The zero-order valence-corrected chi connectivity index (χ0v) is 19.1. The maximum Gasteiger partial charge on any atom is 0.183 e. The number of ether oxygens (including phenoxy) is 1. The first-order valence-corrected chi connectivity index (χ1v) is 11.2. The predicted octanol–water partition coefficient (Wildman–Crippen LogP) is 5.46. The van der Waals surface area contributed by atoms with Gasteiger partial charge in [-0.2, -0.15) is 5.10 Å². The van der Waals surface area contributed by atoms with Gasteiger partial charge < -0.3 is 9.64 Å². The van der Waals surface area contributed by atoms with Crippen molar-refractivity contribution in [2.75, 3.05) is 25.6 Å². The van der Waals surface area contributed by atoms with Crippen molar-refractivity contribution in [2.45, 2.75) is 6.92 Å². The lowest BCUT2D eigenvalue weighted by Crippen LogP contribution is -2.18. The Kier molecular flexibility index (Phi) is 6.77. The van der Waals surface area contributed by atoms with Gasteiger partial charge >= 0.3 is 0 Å². The number of benzene rings is 3. The van der Waals surface area contributed by atoms with Crippen LogP contribution in [0.5, 0.6) is 5.75 Å². The van der Waals surface area contributed by atoms with Crippen molar-refractivity contribution in [1.29, 1.82) is 0 Å². The molecular weight excluding hydrogens is 418 g/mol. The summed E-state index contributed by atoms with van der Waals surface area (Å²) in [7, 11) is 4.04. The summed E-state index contributed by atoms with van der Waals surface area (Å²) in [6, 6.07) is 23.9. The number of anilines is 1. The molecule has 32 heavy (non-hydrogen) atoms. The molecule has 0 unspecified atom stereocenters. The Morgan fingerprint density at radius 3 is 2.47 bits per heavy atom. The second-order valence-electron chi connectivity index (χ2n) is 7.23. The van der Waals surface area contributed by atoms with E-state index in [-0.39, 0.29) is 0 Å². The summed E-state index contributed by atoms with van der Waals surface area (Å²) >= 11 is 1.58. The first kappa shape index (κ1) is 21.5. The topological polar surface area (TPSA) is 62.1 Å². The SMILES string of the molecule is CCOc1ccc(N=C(NN=Cc2ccc(N(C)C)cc2)c2nc3ccccc3s2)cc1. The number of nitrogens with one attached hydrogen (secondary N) is 1. The molecule has 0 aliphatic heterocycles. The Balaban J connectivity index is 1.60. The van der Waals surface area contributed by atoms with Crippen molar-refractivity contribution in [1.82, 2.24) is 10.4 Å². The fourth-order valence-corrected chi connectivity index (χ4v) is 3.94. The monoisotopic (exact) mass is 443 g/mol. The second-order valence-corrected chi connectivity index (χ2v) is 8.26. The van der Waals surface area contributed by atoms with E-state index in [1.807, 2.05) is 75.6 Å². The standard InChI is InChI=1S/C25H25N5OS/c1-4-31-21-15-11-19(12-16-21)27-24(25-28-22-7-5-6-8-23(22)32-25)29-26-17-18-9-13-20(14-10-18)30(2)3/h5-17H,4H2,1-3H3,(H,27,29). The highest BCUT2D eigenvalue weighted by atomic mass is 32.1. The minimum Gasteiger partial charge on any atom is -0.494 e. The van der Waals surface area contributed by atoms with Gasteiger partial charge in [-0.15, -0.1) is 11.3 Å². The number of aromatic nitrogens is 1. The minimum absolute atomic E-state index is 0.594. The van der Waals surface area contributed by atoms with E-state index in [9.17, 15) is 0 Å². The average molecular weight is 444 g/mol. The molecule has 1 N–H and O–H groups in total. The lowest BCUT2D eigenvalue weighted by Gasteiger charge is -2.11. The van der Waals surface area contributed by atoms with Crippen molar-refractivity contribution in [3.8, 4) is 5.75 Å². The Morgan fingerprint density at radius 1 is 1.03 bits per heavy atom. The Labute approximate surface area is 191 Å². The molecule has 0 atom stereocenters. The fraction of sp³-hybridized carbons (Fsp3) is 0.160. The number of fused-ring (bicyclic) bond motifs is 1. The van der Waals surface area contributed by atoms with Gasteiger partial charge in [0.25, 0.3) is 0 Å². The molecule has 1 aromatic heterocycles. The van der Waals surface area contributed by atoms with Crippen molar-refractivity contribution >= 4 is 45.0 Å². The van der Waals surface area contributed by atoms with Crippen LogP contribution >= 0.6 is 11.3 Å². The van der Waals surface area contributed by atoms with Crippen LogP contribution in [-0.4, -0.2) is 37.7 Å². The molecule has 0 radical (unpaired) electrons. The van der Waals surface area contributed by atoms with Crippen molar-refractivity contribution in [3.05, 3.63) is 83.4 Å². The third kappa shape index (κ3) is 5.31. The van der Waals surface area contributed by atoms with E-state index in [2.05, 4.69) is 33.6 Å². The van der Waals surface area contributed by atoms with Crippen LogP contribution in [0, 0.1) is 0 Å². The van der Waals surface area contributed by atoms with Gasteiger partial charge in [0, 0.05) is 19.8 Å². The lowest BCUT2D eigenvalue weighted by molar-refractivity contribution is 0.340. The van der Waals surface area contributed by atoms with E-state index < -0.39 is 0 Å². The number of para-hydroxylation sites is 1. The number of hydrogen-bond donors (Lipinski definition) is 1. The second kappa shape index (κ2) is 10.1. The highest BCUT2D eigenvalue weighted by Crippen LogP contribution is 2.24. The van der Waals surface area contributed by atoms with E-state index in [4.69, 9.17) is 14.7 Å².